The van der Waals surface area contributed by atoms with Crippen molar-refractivity contribution in [2.75, 3.05) is 32.0 Å². The maximum Gasteiger partial charge on any atom is 0.274 e. The molecule has 138 valence electrons. The van der Waals surface area contributed by atoms with Gasteiger partial charge in [-0.1, -0.05) is 0 Å². The van der Waals surface area contributed by atoms with Crippen LogP contribution in [0.5, 0.6) is 0 Å². The number of hydrogen-bond acceptors (Lipinski definition) is 6. The minimum Gasteiger partial charge on any atom is -0.366 e. The van der Waals surface area contributed by atoms with E-state index in [1.807, 2.05) is 7.05 Å². The van der Waals surface area contributed by atoms with E-state index in [4.69, 9.17) is 5.73 Å². The van der Waals surface area contributed by atoms with Crippen LogP contribution in [-0.2, 0) is 0 Å². The predicted octanol–water partition coefficient (Wildman–Crippen LogP) is 0.932. The molecule has 2 aliphatic rings. The molecule has 25 heavy (non-hydrogen) atoms. The van der Waals surface area contributed by atoms with Gasteiger partial charge in [0.2, 0.25) is 0 Å². The van der Waals surface area contributed by atoms with Crippen LogP contribution >= 0.6 is 0 Å². The van der Waals surface area contributed by atoms with Crippen LogP contribution in [0.4, 0.5) is 10.2 Å². The van der Waals surface area contributed by atoms with Gasteiger partial charge >= 0.3 is 0 Å². The molecule has 0 spiro atoms. The highest BCUT2D eigenvalue weighted by molar-refractivity contribution is 5.92. The number of hydrogen-bond donors (Lipinski definition) is 3. The number of nitrogens with two attached hydrogens (primary N) is 1. The first-order valence-corrected chi connectivity index (χ1v) is 8.96. The van der Waals surface area contributed by atoms with Crippen molar-refractivity contribution in [1.82, 2.24) is 20.2 Å². The average Bonchev–Trinajstić information content (AvgIpc) is 2.89. The van der Waals surface area contributed by atoms with Gasteiger partial charge < -0.3 is 21.3 Å². The lowest BCUT2D eigenvalue weighted by atomic mass is 9.77. The molecule has 8 heteroatoms. The van der Waals surface area contributed by atoms with Crippen LogP contribution < -0.4 is 16.4 Å². The Labute approximate surface area is 147 Å². The predicted molar refractivity (Wildman–Crippen MR) is 94.2 cm³/mol. The summed E-state index contributed by atoms with van der Waals surface area (Å²) in [6.45, 7) is 1.98. The van der Waals surface area contributed by atoms with Crippen LogP contribution in [0.15, 0.2) is 12.4 Å². The number of amides is 1. The van der Waals surface area contributed by atoms with Crippen LogP contribution in [0.25, 0.3) is 0 Å². The zero-order valence-corrected chi connectivity index (χ0v) is 14.7. The highest BCUT2D eigenvalue weighted by atomic mass is 19.1. The number of aromatic nitrogens is 2. The molecule has 3 rings (SSSR count). The van der Waals surface area contributed by atoms with Gasteiger partial charge in [0.05, 0.1) is 12.4 Å². The van der Waals surface area contributed by atoms with Crippen molar-refractivity contribution in [2.45, 2.75) is 49.9 Å². The second-order valence-corrected chi connectivity index (χ2v) is 7.14. The molecule has 2 fully saturated rings. The molecule has 1 saturated heterocycles. The summed E-state index contributed by atoms with van der Waals surface area (Å²) in [4.78, 5) is 22.9. The fraction of sp³-hybridized carbons (Fsp3) is 0.706. The highest BCUT2D eigenvalue weighted by Crippen LogP contribution is 2.36. The average molecular weight is 350 g/mol. The lowest BCUT2D eigenvalue weighted by Crippen LogP contribution is -2.52. The molecule has 0 aromatic carbocycles. The van der Waals surface area contributed by atoms with E-state index in [2.05, 4.69) is 20.6 Å². The normalized spacial score (nSPS) is 29.4. The smallest absolute Gasteiger partial charge is 0.274 e. The number of halogens is 1. The summed E-state index contributed by atoms with van der Waals surface area (Å²) in [5, 5.41) is 6.48. The SMILES string of the molecule is CN(C(=O)c1cnc(NC2CC(F)(CN)C2)cn1)C1CCCNCC1. The second kappa shape index (κ2) is 7.61. The number of nitrogens with zero attached hydrogens (tertiary/aromatic N) is 3. The number of rotatable bonds is 5. The van der Waals surface area contributed by atoms with E-state index in [-0.39, 0.29) is 24.5 Å². The number of carbonyl (C=O) groups excluding carboxylic acids is 1. The first-order chi connectivity index (χ1) is 12.0. The van der Waals surface area contributed by atoms with E-state index in [1.54, 1.807) is 4.90 Å². The van der Waals surface area contributed by atoms with Gasteiger partial charge in [-0.3, -0.25) is 4.79 Å². The number of nitrogens with one attached hydrogen (secondary N) is 2. The summed E-state index contributed by atoms with van der Waals surface area (Å²) in [5.41, 5.74) is 4.48. The van der Waals surface area contributed by atoms with Gasteiger partial charge in [0.25, 0.3) is 5.91 Å². The van der Waals surface area contributed by atoms with Gasteiger partial charge in [0.1, 0.15) is 17.2 Å². The van der Waals surface area contributed by atoms with Crippen LogP contribution in [-0.4, -0.2) is 65.2 Å². The minimum absolute atomic E-state index is 0.0190. The fourth-order valence-electron chi connectivity index (χ4n) is 3.55. The van der Waals surface area contributed by atoms with Crippen LogP contribution in [0.1, 0.15) is 42.6 Å². The molecule has 1 aromatic rings. The van der Waals surface area contributed by atoms with Crippen molar-refractivity contribution in [3.05, 3.63) is 18.1 Å². The molecule has 4 N–H and O–H groups in total. The van der Waals surface area contributed by atoms with Gasteiger partial charge in [-0.15, -0.1) is 0 Å². The first-order valence-electron chi connectivity index (χ1n) is 8.96. The molecule has 1 aliphatic heterocycles. The third kappa shape index (κ3) is 4.24. The van der Waals surface area contributed by atoms with E-state index >= 15 is 0 Å². The van der Waals surface area contributed by atoms with Crippen LogP contribution in [0, 0.1) is 0 Å². The monoisotopic (exact) mass is 350 g/mol. The quantitative estimate of drug-likeness (QED) is 0.731. The summed E-state index contributed by atoms with van der Waals surface area (Å²) in [6, 6.07) is 0.247. The lowest BCUT2D eigenvalue weighted by Gasteiger charge is -2.41. The Morgan fingerprint density at radius 1 is 1.40 bits per heavy atom. The Morgan fingerprint density at radius 3 is 2.88 bits per heavy atom. The van der Waals surface area contributed by atoms with Gasteiger partial charge in [-0.2, -0.15) is 0 Å². The van der Waals surface area contributed by atoms with Gasteiger partial charge in [0, 0.05) is 38.5 Å². The first kappa shape index (κ1) is 18.0. The maximum absolute atomic E-state index is 13.8. The summed E-state index contributed by atoms with van der Waals surface area (Å²) >= 11 is 0. The van der Waals surface area contributed by atoms with Crippen LogP contribution in [0.3, 0.4) is 0 Å². The largest absolute Gasteiger partial charge is 0.366 e. The van der Waals surface area contributed by atoms with E-state index in [1.165, 1.54) is 12.4 Å². The van der Waals surface area contributed by atoms with Crippen molar-refractivity contribution in [3.63, 3.8) is 0 Å². The molecule has 1 unspecified atom stereocenters. The number of carbonyl (C=O) groups is 1. The number of alkyl halides is 1. The minimum atomic E-state index is -1.25. The molecule has 1 saturated carbocycles. The van der Waals surface area contributed by atoms with Gasteiger partial charge in [0.15, 0.2) is 0 Å². The molecule has 1 amide bonds. The molecular formula is C17H27FN6O. The van der Waals surface area contributed by atoms with Crippen LogP contribution in [0.2, 0.25) is 0 Å². The summed E-state index contributed by atoms with van der Waals surface area (Å²) in [5.74, 6) is 0.447. The highest BCUT2D eigenvalue weighted by Gasteiger charge is 2.43. The van der Waals surface area contributed by atoms with E-state index in [0.29, 0.717) is 24.4 Å². The van der Waals surface area contributed by atoms with E-state index < -0.39 is 5.67 Å². The molecule has 2 heterocycles. The van der Waals surface area contributed by atoms with E-state index in [0.717, 1.165) is 32.4 Å². The third-order valence-electron chi connectivity index (χ3n) is 5.23. The zero-order chi connectivity index (χ0) is 17.9. The fourth-order valence-corrected chi connectivity index (χ4v) is 3.55. The molecule has 0 radical (unpaired) electrons. The van der Waals surface area contributed by atoms with Crippen molar-refractivity contribution in [2.24, 2.45) is 5.73 Å². The Balaban J connectivity index is 1.55. The lowest BCUT2D eigenvalue weighted by molar-refractivity contribution is 0.0606. The van der Waals surface area contributed by atoms with Crippen molar-refractivity contribution < 1.29 is 9.18 Å². The molecule has 0 bridgehead atoms. The second-order valence-electron chi connectivity index (χ2n) is 7.14. The van der Waals surface area contributed by atoms with Crippen molar-refractivity contribution in [1.29, 1.82) is 0 Å². The van der Waals surface area contributed by atoms with Crippen molar-refractivity contribution >= 4 is 11.7 Å². The molecule has 1 aliphatic carbocycles. The summed E-state index contributed by atoms with van der Waals surface area (Å²) < 4.78 is 13.8. The standard InChI is InChI=1S/C17H27FN6O/c1-24(13-3-2-5-20-6-4-13)16(25)14-9-22-15(10-21-14)23-12-7-17(18,8-12)11-19/h9-10,12-13,20H,2-8,11,19H2,1H3,(H,22,23). The number of anilines is 1. The zero-order valence-electron chi connectivity index (χ0n) is 14.7. The Morgan fingerprint density at radius 2 is 2.20 bits per heavy atom. The third-order valence-corrected chi connectivity index (χ3v) is 5.23. The molecule has 7 nitrogen and oxygen atoms in total. The maximum atomic E-state index is 13.8. The Hall–Kier alpha value is -1.80. The molecule has 1 atom stereocenters. The molecular weight excluding hydrogens is 323 g/mol. The summed E-state index contributed by atoms with van der Waals surface area (Å²) in [6.07, 6.45) is 6.79. The Kier molecular flexibility index (Phi) is 5.48. The molecule has 1 aromatic heterocycles. The van der Waals surface area contributed by atoms with Crippen molar-refractivity contribution in [3.8, 4) is 0 Å². The topological polar surface area (TPSA) is 96.2 Å². The van der Waals surface area contributed by atoms with E-state index in [9.17, 15) is 9.18 Å². The van der Waals surface area contributed by atoms with Gasteiger partial charge in [-0.05, 0) is 32.4 Å². The Bertz CT molecular complexity index is 581. The summed E-state index contributed by atoms with van der Waals surface area (Å²) in [7, 11) is 1.83. The van der Waals surface area contributed by atoms with Gasteiger partial charge in [-0.25, -0.2) is 14.4 Å².